The van der Waals surface area contributed by atoms with Crippen molar-refractivity contribution in [1.82, 2.24) is 0 Å². The summed E-state index contributed by atoms with van der Waals surface area (Å²) < 4.78 is 11.0. The number of hydrogen-bond acceptors (Lipinski definition) is 5. The number of allylic oxidation sites excluding steroid dienone is 2. The number of nitrogens with one attached hydrogen (secondary N) is 1. The molecule has 0 radical (unpaired) electrons. The summed E-state index contributed by atoms with van der Waals surface area (Å²) in [6.07, 6.45) is 5.47. The highest BCUT2D eigenvalue weighted by molar-refractivity contribution is 6.22. The summed E-state index contributed by atoms with van der Waals surface area (Å²) in [5.41, 5.74) is 1.59. The minimum absolute atomic E-state index is 0.0983. The molecule has 3 aromatic carbocycles. The third-order valence-corrected chi connectivity index (χ3v) is 8.46. The second-order valence-electron chi connectivity index (χ2n) is 10.5. The Morgan fingerprint density at radius 1 is 0.763 bits per heavy atom. The summed E-state index contributed by atoms with van der Waals surface area (Å²) in [6, 6.07) is 21.0. The van der Waals surface area contributed by atoms with Crippen molar-refractivity contribution in [3.05, 3.63) is 90.5 Å². The molecule has 3 fully saturated rings. The number of nitrogens with zero attached hydrogens (tertiary/aromatic N) is 1. The van der Waals surface area contributed by atoms with E-state index < -0.39 is 0 Å². The fourth-order valence-electron chi connectivity index (χ4n) is 6.56. The van der Waals surface area contributed by atoms with Crippen LogP contribution in [0.3, 0.4) is 0 Å². The molecule has 5 aliphatic rings. The summed E-state index contributed by atoms with van der Waals surface area (Å²) in [6.45, 7) is 0. The molecule has 2 saturated carbocycles. The van der Waals surface area contributed by atoms with E-state index in [2.05, 4.69) is 17.5 Å². The molecule has 1 N–H and O–H groups in total. The van der Waals surface area contributed by atoms with Gasteiger partial charge in [0.2, 0.25) is 11.8 Å². The predicted molar refractivity (Wildman–Crippen MR) is 141 cm³/mol. The number of amides is 3. The normalized spacial score (nSPS) is 28.1. The lowest BCUT2D eigenvalue weighted by Crippen LogP contribution is -2.40. The van der Waals surface area contributed by atoms with Gasteiger partial charge in [-0.1, -0.05) is 12.2 Å². The van der Waals surface area contributed by atoms with Crippen molar-refractivity contribution in [2.75, 3.05) is 17.3 Å². The van der Waals surface area contributed by atoms with Gasteiger partial charge in [0.05, 0.1) is 24.6 Å². The molecule has 3 amide bonds. The van der Waals surface area contributed by atoms with E-state index in [9.17, 15) is 14.4 Å². The predicted octanol–water partition coefficient (Wildman–Crippen LogP) is 5.30. The number of methoxy groups -OCH3 is 1. The Bertz CT molecular complexity index is 1430. The number of benzene rings is 3. The van der Waals surface area contributed by atoms with Crippen molar-refractivity contribution in [1.29, 1.82) is 0 Å². The lowest BCUT2D eigenvalue weighted by molar-refractivity contribution is -0.124. The summed E-state index contributed by atoms with van der Waals surface area (Å²) in [7, 11) is 1.61. The Morgan fingerprint density at radius 3 is 1.84 bits per heavy atom. The number of carbonyl (C=O) groups excluding carboxylic acids is 3. The second kappa shape index (κ2) is 8.58. The first kappa shape index (κ1) is 22.8. The Morgan fingerprint density at radius 2 is 1.29 bits per heavy atom. The standard InChI is InChI=1S/C31H26N2O5/c1-37-20-10-12-22(13-11-20)38-21-8-4-18(5-9-21)32-29(34)17-2-6-19(7-3-17)33-30(35)27-23-14-15-24(26-16-25(23)26)28(27)31(33)36/h2-15,23-28H,16H2,1H3,(H,32,34)/t23-,24-,25-,26+,27+,28+/m0/s1. The maximum atomic E-state index is 13.3. The van der Waals surface area contributed by atoms with Gasteiger partial charge in [0, 0.05) is 11.3 Å². The average Bonchev–Trinajstić information content (AvgIpc) is 3.73. The maximum Gasteiger partial charge on any atom is 0.255 e. The van der Waals surface area contributed by atoms with Gasteiger partial charge in [-0.2, -0.15) is 0 Å². The topological polar surface area (TPSA) is 84.9 Å². The van der Waals surface area contributed by atoms with E-state index in [0.717, 1.165) is 12.2 Å². The third-order valence-electron chi connectivity index (χ3n) is 8.46. The molecule has 1 saturated heterocycles. The van der Waals surface area contributed by atoms with Gasteiger partial charge in [0.1, 0.15) is 17.2 Å². The van der Waals surface area contributed by atoms with Crippen LogP contribution in [0.1, 0.15) is 16.8 Å². The van der Waals surface area contributed by atoms with Gasteiger partial charge in [-0.25, -0.2) is 0 Å². The van der Waals surface area contributed by atoms with Gasteiger partial charge >= 0.3 is 0 Å². The zero-order chi connectivity index (χ0) is 26.0. The molecule has 8 rings (SSSR count). The molecular formula is C31H26N2O5. The van der Waals surface area contributed by atoms with Crippen molar-refractivity contribution in [3.63, 3.8) is 0 Å². The lowest BCUT2D eigenvalue weighted by Gasteiger charge is -2.37. The Kier molecular flexibility index (Phi) is 5.15. The van der Waals surface area contributed by atoms with Gasteiger partial charge in [-0.05, 0) is 103 Å². The highest BCUT2D eigenvalue weighted by Gasteiger charge is 2.67. The van der Waals surface area contributed by atoms with Crippen molar-refractivity contribution in [2.45, 2.75) is 6.42 Å². The van der Waals surface area contributed by atoms with Gasteiger partial charge < -0.3 is 14.8 Å². The van der Waals surface area contributed by atoms with Crippen LogP contribution in [-0.2, 0) is 9.59 Å². The van der Waals surface area contributed by atoms with E-state index in [1.54, 1.807) is 55.6 Å². The van der Waals surface area contributed by atoms with Crippen molar-refractivity contribution < 1.29 is 23.9 Å². The van der Waals surface area contributed by atoms with Crippen LogP contribution in [0.25, 0.3) is 0 Å². The molecule has 7 heteroatoms. The van der Waals surface area contributed by atoms with Crippen LogP contribution in [0.4, 0.5) is 11.4 Å². The molecule has 3 aromatic rings. The zero-order valence-electron chi connectivity index (χ0n) is 20.7. The fourth-order valence-corrected chi connectivity index (χ4v) is 6.56. The molecule has 190 valence electrons. The first-order chi connectivity index (χ1) is 18.5. The van der Waals surface area contributed by atoms with E-state index in [1.165, 1.54) is 4.90 Å². The average molecular weight is 507 g/mol. The Labute approximate surface area is 220 Å². The van der Waals surface area contributed by atoms with Crippen molar-refractivity contribution in [2.24, 2.45) is 35.5 Å². The molecule has 1 aliphatic heterocycles. The number of carbonyl (C=O) groups is 3. The number of imide groups is 1. The molecule has 0 aromatic heterocycles. The SMILES string of the molecule is COc1ccc(Oc2ccc(NC(=O)c3ccc(N4C(=O)[C@@H]5[C@H]6C=C[C@@H]([C@@H]7C[C@H]67)[C@H]5C4=O)cc3)cc2)cc1. The largest absolute Gasteiger partial charge is 0.497 e. The smallest absolute Gasteiger partial charge is 0.255 e. The highest BCUT2D eigenvalue weighted by Crippen LogP contribution is 2.65. The zero-order valence-corrected chi connectivity index (χ0v) is 20.7. The lowest BCUT2D eigenvalue weighted by atomic mass is 9.63. The van der Waals surface area contributed by atoms with E-state index in [0.29, 0.717) is 40.3 Å². The molecule has 4 aliphatic carbocycles. The first-order valence-electron chi connectivity index (χ1n) is 12.9. The molecular weight excluding hydrogens is 480 g/mol. The van der Waals surface area contributed by atoms with Gasteiger partial charge in [-0.3, -0.25) is 19.3 Å². The minimum atomic E-state index is -0.282. The number of rotatable bonds is 6. The summed E-state index contributed by atoms with van der Waals surface area (Å²) in [4.78, 5) is 40.8. The van der Waals surface area contributed by atoms with E-state index >= 15 is 0 Å². The minimum Gasteiger partial charge on any atom is -0.497 e. The van der Waals surface area contributed by atoms with Crippen LogP contribution in [0.5, 0.6) is 17.2 Å². The quantitative estimate of drug-likeness (QED) is 0.362. The van der Waals surface area contributed by atoms with Gasteiger partial charge in [0.15, 0.2) is 0 Å². The molecule has 0 unspecified atom stereocenters. The van der Waals surface area contributed by atoms with Crippen LogP contribution < -0.4 is 19.7 Å². The second-order valence-corrected chi connectivity index (χ2v) is 10.5. The third kappa shape index (κ3) is 3.61. The Hall–Kier alpha value is -4.39. The van der Waals surface area contributed by atoms with E-state index in [-0.39, 0.29) is 41.4 Å². The van der Waals surface area contributed by atoms with E-state index in [4.69, 9.17) is 9.47 Å². The molecule has 0 spiro atoms. The number of anilines is 2. The summed E-state index contributed by atoms with van der Waals surface area (Å²) in [5.74, 6) is 2.63. The van der Waals surface area contributed by atoms with Crippen molar-refractivity contribution in [3.8, 4) is 17.2 Å². The van der Waals surface area contributed by atoms with Crippen LogP contribution in [-0.4, -0.2) is 24.8 Å². The first-order valence-corrected chi connectivity index (χ1v) is 12.9. The van der Waals surface area contributed by atoms with Gasteiger partial charge in [-0.15, -0.1) is 0 Å². The van der Waals surface area contributed by atoms with Crippen LogP contribution >= 0.6 is 0 Å². The molecule has 2 bridgehead atoms. The van der Waals surface area contributed by atoms with Crippen LogP contribution in [0.2, 0.25) is 0 Å². The highest BCUT2D eigenvalue weighted by atomic mass is 16.5. The molecule has 1 heterocycles. The summed E-state index contributed by atoms with van der Waals surface area (Å²) in [5, 5.41) is 2.87. The molecule has 7 nitrogen and oxygen atoms in total. The van der Waals surface area contributed by atoms with Crippen LogP contribution in [0, 0.1) is 35.5 Å². The molecule has 38 heavy (non-hydrogen) atoms. The Balaban J connectivity index is 1.01. The molecule has 6 atom stereocenters. The maximum absolute atomic E-state index is 13.3. The number of hydrogen-bond donors (Lipinski definition) is 1. The van der Waals surface area contributed by atoms with Gasteiger partial charge in [0.25, 0.3) is 5.91 Å². The fraction of sp³-hybridized carbons (Fsp3) is 0.258. The van der Waals surface area contributed by atoms with Crippen LogP contribution in [0.15, 0.2) is 84.9 Å². The monoisotopic (exact) mass is 506 g/mol. The number of ether oxygens (including phenoxy) is 2. The van der Waals surface area contributed by atoms with Crippen molar-refractivity contribution >= 4 is 29.1 Å². The van der Waals surface area contributed by atoms with E-state index in [1.807, 2.05) is 24.3 Å². The summed E-state index contributed by atoms with van der Waals surface area (Å²) >= 11 is 0.